The SMILES string of the molecule is C[C@H](NC(=O)[C@@H](N)Cc1ccc(O)cc1)C(=O)NCC(=O)N[C@H](CCC(=O)O)C(=O)OCc1ccccc1. The Morgan fingerprint density at radius 1 is 0.921 bits per heavy atom. The van der Waals surface area contributed by atoms with Crippen LogP contribution in [0.1, 0.15) is 30.9 Å². The summed E-state index contributed by atoms with van der Waals surface area (Å²) in [4.78, 5) is 60.5. The lowest BCUT2D eigenvalue weighted by atomic mass is 10.1. The quantitative estimate of drug-likeness (QED) is 0.182. The molecule has 2 aromatic rings. The van der Waals surface area contributed by atoms with Crippen molar-refractivity contribution in [3.05, 3.63) is 65.7 Å². The number of hydrogen-bond donors (Lipinski definition) is 6. The highest BCUT2D eigenvalue weighted by atomic mass is 16.5. The molecule has 204 valence electrons. The van der Waals surface area contributed by atoms with Crippen molar-refractivity contribution < 1.29 is 38.9 Å². The van der Waals surface area contributed by atoms with Crippen molar-refractivity contribution in [1.82, 2.24) is 16.0 Å². The van der Waals surface area contributed by atoms with Crippen molar-refractivity contribution in [2.45, 2.75) is 50.9 Å². The number of hydrogen-bond acceptors (Lipinski definition) is 8. The maximum atomic E-state index is 12.5. The number of benzene rings is 2. The molecule has 0 fully saturated rings. The molecular weight excluding hydrogens is 496 g/mol. The Kier molecular flexibility index (Phi) is 11.7. The van der Waals surface area contributed by atoms with Gasteiger partial charge in [0, 0.05) is 6.42 Å². The summed E-state index contributed by atoms with van der Waals surface area (Å²) in [5, 5.41) is 25.5. The van der Waals surface area contributed by atoms with E-state index in [1.165, 1.54) is 19.1 Å². The zero-order chi connectivity index (χ0) is 28.1. The van der Waals surface area contributed by atoms with Gasteiger partial charge in [0.05, 0.1) is 12.6 Å². The smallest absolute Gasteiger partial charge is 0.328 e. The van der Waals surface area contributed by atoms with Crippen LogP contribution in [0.15, 0.2) is 54.6 Å². The minimum atomic E-state index is -1.23. The first kappa shape index (κ1) is 29.8. The van der Waals surface area contributed by atoms with E-state index < -0.39 is 54.3 Å². The summed E-state index contributed by atoms with van der Waals surface area (Å²) in [5.41, 5.74) is 7.34. The molecule has 0 saturated carbocycles. The second kappa shape index (κ2) is 15.0. The van der Waals surface area contributed by atoms with E-state index in [0.717, 1.165) is 11.1 Å². The number of amides is 3. The van der Waals surface area contributed by atoms with Crippen LogP contribution in [0.25, 0.3) is 0 Å². The summed E-state index contributed by atoms with van der Waals surface area (Å²) in [6.07, 6.45) is -0.403. The van der Waals surface area contributed by atoms with E-state index >= 15 is 0 Å². The lowest BCUT2D eigenvalue weighted by molar-refractivity contribution is -0.149. The second-order valence-corrected chi connectivity index (χ2v) is 8.57. The Bertz CT molecular complexity index is 1110. The molecule has 0 saturated heterocycles. The molecule has 0 aromatic heterocycles. The number of carbonyl (C=O) groups excluding carboxylic acids is 4. The van der Waals surface area contributed by atoms with Crippen molar-refractivity contribution in [2.24, 2.45) is 5.73 Å². The summed E-state index contributed by atoms with van der Waals surface area (Å²) in [6, 6.07) is 11.8. The number of phenolic OH excluding ortho intramolecular Hbond substituents is 1. The first-order chi connectivity index (χ1) is 18.0. The molecule has 0 spiro atoms. The molecule has 0 aliphatic heterocycles. The van der Waals surface area contributed by atoms with Gasteiger partial charge in [-0.1, -0.05) is 42.5 Å². The monoisotopic (exact) mass is 528 g/mol. The maximum Gasteiger partial charge on any atom is 0.328 e. The van der Waals surface area contributed by atoms with Crippen LogP contribution in [0.2, 0.25) is 0 Å². The van der Waals surface area contributed by atoms with Gasteiger partial charge in [0.1, 0.15) is 24.4 Å². The Labute approximate surface area is 219 Å². The van der Waals surface area contributed by atoms with E-state index in [-0.39, 0.29) is 31.6 Å². The third-order valence-corrected chi connectivity index (χ3v) is 5.39. The topological polar surface area (TPSA) is 197 Å². The van der Waals surface area contributed by atoms with E-state index in [1.54, 1.807) is 42.5 Å². The molecule has 3 atom stereocenters. The highest BCUT2D eigenvalue weighted by Gasteiger charge is 2.25. The number of rotatable bonds is 14. The maximum absolute atomic E-state index is 12.5. The van der Waals surface area contributed by atoms with Crippen molar-refractivity contribution >= 4 is 29.7 Å². The molecule has 0 heterocycles. The van der Waals surface area contributed by atoms with Crippen molar-refractivity contribution in [3.8, 4) is 5.75 Å². The second-order valence-electron chi connectivity index (χ2n) is 8.57. The van der Waals surface area contributed by atoms with Crippen molar-refractivity contribution in [3.63, 3.8) is 0 Å². The number of phenols is 1. The average Bonchev–Trinajstić information content (AvgIpc) is 2.89. The van der Waals surface area contributed by atoms with Crippen molar-refractivity contribution in [1.29, 1.82) is 0 Å². The van der Waals surface area contributed by atoms with Gasteiger partial charge in [-0.15, -0.1) is 0 Å². The summed E-state index contributed by atoms with van der Waals surface area (Å²) in [7, 11) is 0. The minimum Gasteiger partial charge on any atom is -0.508 e. The fraction of sp³-hybridized carbons (Fsp3) is 0.346. The van der Waals surface area contributed by atoms with Gasteiger partial charge in [0.15, 0.2) is 0 Å². The molecule has 38 heavy (non-hydrogen) atoms. The van der Waals surface area contributed by atoms with Gasteiger partial charge in [-0.25, -0.2) is 4.79 Å². The Balaban J connectivity index is 1.82. The first-order valence-electron chi connectivity index (χ1n) is 11.9. The van der Waals surface area contributed by atoms with Crippen molar-refractivity contribution in [2.75, 3.05) is 6.54 Å². The molecule has 3 amide bonds. The van der Waals surface area contributed by atoms with Crippen LogP contribution in [0.5, 0.6) is 5.75 Å². The Hall–Kier alpha value is -4.45. The van der Waals surface area contributed by atoms with Gasteiger partial charge in [-0.2, -0.15) is 0 Å². The van der Waals surface area contributed by atoms with Crippen LogP contribution < -0.4 is 21.7 Å². The molecule has 12 heteroatoms. The van der Waals surface area contributed by atoms with E-state index in [4.69, 9.17) is 15.6 Å². The number of esters is 1. The predicted molar refractivity (Wildman–Crippen MR) is 135 cm³/mol. The van der Waals surface area contributed by atoms with Crippen LogP contribution in [0.3, 0.4) is 0 Å². The van der Waals surface area contributed by atoms with Crippen LogP contribution in [-0.4, -0.2) is 64.5 Å². The van der Waals surface area contributed by atoms with Crippen LogP contribution in [0, 0.1) is 0 Å². The number of carboxylic acids is 1. The third-order valence-electron chi connectivity index (χ3n) is 5.39. The molecule has 0 bridgehead atoms. The van der Waals surface area contributed by atoms with Gasteiger partial charge in [-0.05, 0) is 43.0 Å². The first-order valence-corrected chi connectivity index (χ1v) is 11.9. The van der Waals surface area contributed by atoms with Gasteiger partial charge in [0.25, 0.3) is 0 Å². The lowest BCUT2D eigenvalue weighted by Crippen LogP contribution is -2.52. The summed E-state index contributed by atoms with van der Waals surface area (Å²) < 4.78 is 5.20. The standard InChI is InChI=1S/C26H32N4O8/c1-16(29-25(36)20(27)13-17-7-9-19(31)10-8-17)24(35)28-14-22(32)30-21(11-12-23(33)34)26(37)38-15-18-5-3-2-4-6-18/h2-10,16,20-21,31H,11-15,27H2,1H3,(H,28,35)(H,29,36)(H,30,32)(H,33,34)/t16-,20-,21+/m0/s1. The van der Waals surface area contributed by atoms with E-state index in [0.29, 0.717) is 0 Å². The highest BCUT2D eigenvalue weighted by molar-refractivity contribution is 5.92. The molecule has 12 nitrogen and oxygen atoms in total. The van der Waals surface area contributed by atoms with Gasteiger partial charge >= 0.3 is 11.9 Å². The van der Waals surface area contributed by atoms with E-state index in [2.05, 4.69) is 16.0 Å². The summed E-state index contributed by atoms with van der Waals surface area (Å²) in [5.74, 6) is -3.87. The molecule has 7 N–H and O–H groups in total. The summed E-state index contributed by atoms with van der Waals surface area (Å²) in [6.45, 7) is 0.838. The van der Waals surface area contributed by atoms with Crippen LogP contribution in [0.4, 0.5) is 0 Å². The average molecular weight is 529 g/mol. The van der Waals surface area contributed by atoms with E-state index in [9.17, 15) is 29.1 Å². The molecule has 0 unspecified atom stereocenters. The summed E-state index contributed by atoms with van der Waals surface area (Å²) >= 11 is 0. The van der Waals surface area contributed by atoms with Gasteiger partial charge in [0.2, 0.25) is 17.7 Å². The molecule has 0 radical (unpaired) electrons. The largest absolute Gasteiger partial charge is 0.508 e. The van der Waals surface area contributed by atoms with Gasteiger partial charge in [-0.3, -0.25) is 19.2 Å². The fourth-order valence-corrected chi connectivity index (χ4v) is 3.28. The minimum absolute atomic E-state index is 0.0536. The predicted octanol–water partition coefficient (Wildman–Crippen LogP) is -0.0241. The fourth-order valence-electron chi connectivity index (χ4n) is 3.28. The Morgan fingerprint density at radius 2 is 1.58 bits per heavy atom. The third kappa shape index (κ3) is 10.7. The molecule has 0 aliphatic carbocycles. The Morgan fingerprint density at radius 3 is 2.21 bits per heavy atom. The molecule has 2 rings (SSSR count). The molecule has 0 aliphatic rings. The zero-order valence-corrected chi connectivity index (χ0v) is 20.9. The lowest BCUT2D eigenvalue weighted by Gasteiger charge is -2.19. The molecule has 2 aromatic carbocycles. The number of carboxylic acid groups (broad SMARTS) is 1. The number of nitrogens with one attached hydrogen (secondary N) is 3. The highest BCUT2D eigenvalue weighted by Crippen LogP contribution is 2.11. The zero-order valence-electron chi connectivity index (χ0n) is 20.9. The number of aromatic hydroxyl groups is 1. The van der Waals surface area contributed by atoms with Crippen LogP contribution in [-0.2, 0) is 41.7 Å². The number of nitrogens with two attached hydrogens (primary N) is 1. The van der Waals surface area contributed by atoms with Gasteiger partial charge < -0.3 is 36.6 Å². The number of ether oxygens (including phenoxy) is 1. The normalized spacial score (nSPS) is 12.9. The van der Waals surface area contributed by atoms with Crippen LogP contribution >= 0.6 is 0 Å². The number of aliphatic carboxylic acids is 1. The molecular formula is C26H32N4O8. The number of carbonyl (C=O) groups is 5. The van der Waals surface area contributed by atoms with E-state index in [1.807, 2.05) is 0 Å².